The summed E-state index contributed by atoms with van der Waals surface area (Å²) in [4.78, 5) is 21.7. The van der Waals surface area contributed by atoms with E-state index in [2.05, 4.69) is 0 Å². The van der Waals surface area contributed by atoms with Gasteiger partial charge in [-0.25, -0.2) is 4.39 Å². The third-order valence-corrected chi connectivity index (χ3v) is 2.90. The highest BCUT2D eigenvalue weighted by Gasteiger charge is 2.59. The predicted molar refractivity (Wildman–Crippen MR) is 44.5 cm³/mol. The first-order chi connectivity index (χ1) is 7.20. The van der Waals surface area contributed by atoms with Crippen LogP contribution >= 0.6 is 0 Å². The number of ketones is 1. The first kappa shape index (κ1) is 12.9. The van der Waals surface area contributed by atoms with Gasteiger partial charge >= 0.3 is 12.1 Å². The highest BCUT2D eigenvalue weighted by Crippen LogP contribution is 2.46. The summed E-state index contributed by atoms with van der Waals surface area (Å²) in [6.07, 6.45) is -10.5. The van der Waals surface area contributed by atoms with E-state index in [1.807, 2.05) is 0 Å². The van der Waals surface area contributed by atoms with Crippen molar-refractivity contribution in [2.45, 2.75) is 38.0 Å². The standard InChI is InChI=1S/C9H10F4O3/c10-6(9(11,12)13)8(7(15)16)3-1-5(14)2-4-8/h6H,1-4H2,(H,15,16). The zero-order valence-corrected chi connectivity index (χ0v) is 8.18. The molecule has 1 aliphatic rings. The van der Waals surface area contributed by atoms with Gasteiger partial charge in [-0.1, -0.05) is 0 Å². The van der Waals surface area contributed by atoms with Crippen LogP contribution in [0, 0.1) is 5.41 Å². The molecule has 0 saturated heterocycles. The number of hydrogen-bond acceptors (Lipinski definition) is 2. The van der Waals surface area contributed by atoms with Crippen LogP contribution in [0.5, 0.6) is 0 Å². The lowest BCUT2D eigenvalue weighted by atomic mass is 9.70. The van der Waals surface area contributed by atoms with Gasteiger partial charge in [0.05, 0.1) is 0 Å². The quantitative estimate of drug-likeness (QED) is 0.754. The normalized spacial score (nSPS) is 22.9. The fraction of sp³-hybridized carbons (Fsp3) is 0.778. The molecule has 1 saturated carbocycles. The van der Waals surface area contributed by atoms with Crippen molar-refractivity contribution in [3.8, 4) is 0 Å². The van der Waals surface area contributed by atoms with Gasteiger partial charge in [0.15, 0.2) is 0 Å². The van der Waals surface area contributed by atoms with Crippen LogP contribution in [0.1, 0.15) is 25.7 Å². The molecule has 1 unspecified atom stereocenters. The molecule has 0 spiro atoms. The van der Waals surface area contributed by atoms with E-state index in [0.717, 1.165) is 0 Å². The first-order valence-electron chi connectivity index (χ1n) is 4.66. The number of carbonyl (C=O) groups excluding carboxylic acids is 1. The van der Waals surface area contributed by atoms with Gasteiger partial charge < -0.3 is 5.11 Å². The van der Waals surface area contributed by atoms with Crippen molar-refractivity contribution in [2.24, 2.45) is 5.41 Å². The molecule has 1 rings (SSSR count). The molecule has 1 fully saturated rings. The number of alkyl halides is 4. The highest BCUT2D eigenvalue weighted by atomic mass is 19.4. The van der Waals surface area contributed by atoms with Crippen molar-refractivity contribution < 1.29 is 32.3 Å². The maximum atomic E-state index is 13.2. The molecule has 0 bridgehead atoms. The number of carboxylic acid groups (broad SMARTS) is 1. The Morgan fingerprint density at radius 1 is 1.31 bits per heavy atom. The van der Waals surface area contributed by atoms with E-state index in [-0.39, 0.29) is 18.6 Å². The number of rotatable bonds is 2. The molecule has 1 atom stereocenters. The summed E-state index contributed by atoms with van der Waals surface area (Å²) >= 11 is 0. The van der Waals surface area contributed by atoms with E-state index < -0.39 is 36.6 Å². The summed E-state index contributed by atoms with van der Waals surface area (Å²) in [5, 5.41) is 8.76. The summed E-state index contributed by atoms with van der Waals surface area (Å²) in [5.74, 6) is -2.16. The fourth-order valence-electron chi connectivity index (χ4n) is 1.86. The van der Waals surface area contributed by atoms with E-state index in [0.29, 0.717) is 0 Å². The molecule has 0 aliphatic heterocycles. The summed E-state index contributed by atoms with van der Waals surface area (Å²) < 4.78 is 49.8. The lowest BCUT2D eigenvalue weighted by Gasteiger charge is -2.35. The smallest absolute Gasteiger partial charge is 0.420 e. The van der Waals surface area contributed by atoms with Crippen molar-refractivity contribution in [1.29, 1.82) is 0 Å². The average molecular weight is 242 g/mol. The Morgan fingerprint density at radius 3 is 2.06 bits per heavy atom. The molecule has 0 aromatic heterocycles. The number of halogens is 4. The Balaban J connectivity index is 2.99. The number of Topliss-reactive ketones (excluding diaryl/α,β-unsaturated/α-hetero) is 1. The molecule has 0 radical (unpaired) electrons. The monoisotopic (exact) mass is 242 g/mol. The molecule has 1 aliphatic carbocycles. The molecule has 0 aromatic rings. The third-order valence-electron chi connectivity index (χ3n) is 2.90. The maximum absolute atomic E-state index is 13.2. The number of carboxylic acids is 1. The molecule has 0 aromatic carbocycles. The molecule has 0 heterocycles. The third kappa shape index (κ3) is 2.17. The van der Waals surface area contributed by atoms with Crippen molar-refractivity contribution in [2.75, 3.05) is 0 Å². The van der Waals surface area contributed by atoms with Gasteiger partial charge in [-0.15, -0.1) is 0 Å². The molecule has 92 valence electrons. The van der Waals surface area contributed by atoms with Gasteiger partial charge in [0.2, 0.25) is 6.17 Å². The van der Waals surface area contributed by atoms with Crippen LogP contribution in [0.15, 0.2) is 0 Å². The number of aliphatic carboxylic acids is 1. The van der Waals surface area contributed by atoms with Gasteiger partial charge in [0.25, 0.3) is 0 Å². The van der Waals surface area contributed by atoms with Crippen LogP contribution in [0.3, 0.4) is 0 Å². The Kier molecular flexibility index (Phi) is 3.25. The number of carbonyl (C=O) groups is 2. The zero-order valence-electron chi connectivity index (χ0n) is 8.18. The number of hydrogen-bond donors (Lipinski definition) is 1. The second-order valence-corrected chi connectivity index (χ2v) is 3.90. The van der Waals surface area contributed by atoms with Crippen molar-refractivity contribution in [1.82, 2.24) is 0 Å². The SMILES string of the molecule is O=C1CCC(C(=O)O)(C(F)C(F)(F)F)CC1. The van der Waals surface area contributed by atoms with Gasteiger partial charge in [-0.3, -0.25) is 9.59 Å². The summed E-state index contributed by atoms with van der Waals surface area (Å²) in [5.41, 5.74) is -2.49. The summed E-state index contributed by atoms with van der Waals surface area (Å²) in [7, 11) is 0. The fourth-order valence-corrected chi connectivity index (χ4v) is 1.86. The second kappa shape index (κ2) is 4.03. The highest BCUT2D eigenvalue weighted by molar-refractivity contribution is 5.84. The molecule has 3 nitrogen and oxygen atoms in total. The largest absolute Gasteiger partial charge is 0.481 e. The summed E-state index contributed by atoms with van der Waals surface area (Å²) in [6.45, 7) is 0. The lowest BCUT2D eigenvalue weighted by molar-refractivity contribution is -0.223. The minimum Gasteiger partial charge on any atom is -0.481 e. The zero-order chi connectivity index (χ0) is 12.6. The van der Waals surface area contributed by atoms with Crippen LogP contribution in [-0.4, -0.2) is 29.2 Å². The summed E-state index contributed by atoms with van der Waals surface area (Å²) in [6, 6.07) is 0. The molecular formula is C9H10F4O3. The Hall–Kier alpha value is -1.14. The van der Waals surface area contributed by atoms with Crippen LogP contribution in [0.2, 0.25) is 0 Å². The molecule has 1 N–H and O–H groups in total. The predicted octanol–water partition coefficient (Wildman–Crippen LogP) is 2.10. The average Bonchev–Trinajstić information content (AvgIpc) is 2.16. The second-order valence-electron chi connectivity index (χ2n) is 3.90. The first-order valence-corrected chi connectivity index (χ1v) is 4.66. The van der Waals surface area contributed by atoms with Crippen molar-refractivity contribution in [3.05, 3.63) is 0 Å². The van der Waals surface area contributed by atoms with E-state index in [1.165, 1.54) is 0 Å². The van der Waals surface area contributed by atoms with Crippen LogP contribution in [-0.2, 0) is 9.59 Å². The van der Waals surface area contributed by atoms with Crippen molar-refractivity contribution in [3.63, 3.8) is 0 Å². The molecule has 16 heavy (non-hydrogen) atoms. The maximum Gasteiger partial charge on any atom is 0.420 e. The van der Waals surface area contributed by atoms with E-state index >= 15 is 0 Å². The van der Waals surface area contributed by atoms with Crippen molar-refractivity contribution >= 4 is 11.8 Å². The Bertz CT molecular complexity index is 300. The Labute approximate surface area is 88.4 Å². The van der Waals surface area contributed by atoms with Gasteiger partial charge in [-0.2, -0.15) is 13.2 Å². The molecule has 0 amide bonds. The molecule has 7 heteroatoms. The van der Waals surface area contributed by atoms with Crippen LogP contribution < -0.4 is 0 Å². The Morgan fingerprint density at radius 2 is 1.75 bits per heavy atom. The minimum absolute atomic E-state index is 0.317. The minimum atomic E-state index is -5.21. The van der Waals surface area contributed by atoms with Gasteiger partial charge in [0.1, 0.15) is 11.2 Å². The van der Waals surface area contributed by atoms with Crippen LogP contribution in [0.25, 0.3) is 0 Å². The van der Waals surface area contributed by atoms with Gasteiger partial charge in [-0.05, 0) is 12.8 Å². The topological polar surface area (TPSA) is 54.4 Å². The van der Waals surface area contributed by atoms with Gasteiger partial charge in [0, 0.05) is 12.8 Å². The van der Waals surface area contributed by atoms with Crippen LogP contribution in [0.4, 0.5) is 17.6 Å². The lowest BCUT2D eigenvalue weighted by Crippen LogP contribution is -2.49. The molecular weight excluding hydrogens is 232 g/mol. The van der Waals surface area contributed by atoms with E-state index in [4.69, 9.17) is 5.11 Å². The van der Waals surface area contributed by atoms with E-state index in [1.54, 1.807) is 0 Å². The van der Waals surface area contributed by atoms with E-state index in [9.17, 15) is 27.2 Å².